The first kappa shape index (κ1) is 10.1. The third-order valence-corrected chi connectivity index (χ3v) is 5.77. The Labute approximate surface area is 93.3 Å². The van der Waals surface area contributed by atoms with Gasteiger partial charge in [0.25, 0.3) is 0 Å². The molecule has 4 aliphatic carbocycles. The zero-order valence-electron chi connectivity index (χ0n) is 10.2. The Balaban J connectivity index is 2.00. The van der Waals surface area contributed by atoms with Crippen molar-refractivity contribution in [1.29, 1.82) is 0 Å². The lowest BCUT2D eigenvalue weighted by atomic mass is 9.42. The fourth-order valence-electron chi connectivity index (χ4n) is 5.58. The van der Waals surface area contributed by atoms with Crippen LogP contribution < -0.4 is 0 Å². The lowest BCUT2D eigenvalue weighted by molar-refractivity contribution is -0.201. The van der Waals surface area contributed by atoms with E-state index in [9.17, 15) is 5.11 Å². The van der Waals surface area contributed by atoms with Gasteiger partial charge in [0.1, 0.15) is 0 Å². The summed E-state index contributed by atoms with van der Waals surface area (Å²) < 4.78 is 0. The summed E-state index contributed by atoms with van der Waals surface area (Å²) in [6.07, 6.45) is 10.1. The summed E-state index contributed by atoms with van der Waals surface area (Å²) in [6, 6.07) is 0. The lowest BCUT2D eigenvalue weighted by Gasteiger charge is -2.65. The molecule has 0 aromatic carbocycles. The molecule has 1 N–H and O–H groups in total. The number of aliphatic hydroxyl groups is 1. The maximum absolute atomic E-state index is 10.7. The van der Waals surface area contributed by atoms with E-state index in [4.69, 9.17) is 0 Å². The van der Waals surface area contributed by atoms with Crippen molar-refractivity contribution in [1.82, 2.24) is 0 Å². The molecular formula is C14H24O. The molecule has 1 nitrogen and oxygen atoms in total. The molecule has 86 valence electrons. The van der Waals surface area contributed by atoms with Gasteiger partial charge in [-0.25, -0.2) is 0 Å². The average molecular weight is 208 g/mol. The summed E-state index contributed by atoms with van der Waals surface area (Å²) in [4.78, 5) is 0. The van der Waals surface area contributed by atoms with Crippen molar-refractivity contribution in [3.63, 3.8) is 0 Å². The van der Waals surface area contributed by atoms with Crippen LogP contribution in [0.1, 0.15) is 65.2 Å². The highest BCUT2D eigenvalue weighted by Gasteiger charge is 2.61. The molecule has 0 spiro atoms. The summed E-state index contributed by atoms with van der Waals surface area (Å²) in [7, 11) is 0. The molecule has 15 heavy (non-hydrogen) atoms. The SMILES string of the molecule is CCC12CC3CC(O)(C1)CC(CC)(C3)C2. The smallest absolute Gasteiger partial charge is 0.0661 e. The van der Waals surface area contributed by atoms with Crippen molar-refractivity contribution in [3.8, 4) is 0 Å². The molecule has 0 radical (unpaired) electrons. The van der Waals surface area contributed by atoms with Gasteiger partial charge >= 0.3 is 0 Å². The van der Waals surface area contributed by atoms with Crippen LogP contribution in [0, 0.1) is 16.7 Å². The van der Waals surface area contributed by atoms with Gasteiger partial charge < -0.3 is 5.11 Å². The second kappa shape index (κ2) is 2.80. The minimum Gasteiger partial charge on any atom is -0.390 e. The van der Waals surface area contributed by atoms with Gasteiger partial charge in [-0.1, -0.05) is 26.7 Å². The summed E-state index contributed by atoms with van der Waals surface area (Å²) >= 11 is 0. The van der Waals surface area contributed by atoms with E-state index in [2.05, 4.69) is 13.8 Å². The highest BCUT2D eigenvalue weighted by Crippen LogP contribution is 2.68. The summed E-state index contributed by atoms with van der Waals surface area (Å²) in [6.45, 7) is 4.67. The van der Waals surface area contributed by atoms with Crippen LogP contribution in [0.2, 0.25) is 0 Å². The highest BCUT2D eigenvalue weighted by atomic mass is 16.3. The lowest BCUT2D eigenvalue weighted by Crippen LogP contribution is -2.59. The predicted octanol–water partition coefficient (Wildman–Crippen LogP) is 3.51. The highest BCUT2D eigenvalue weighted by molar-refractivity contribution is 5.12. The molecular weight excluding hydrogens is 184 g/mol. The predicted molar refractivity (Wildman–Crippen MR) is 61.6 cm³/mol. The van der Waals surface area contributed by atoms with Crippen molar-refractivity contribution >= 4 is 0 Å². The molecule has 1 heteroatoms. The molecule has 4 rings (SSSR count). The first-order chi connectivity index (χ1) is 7.03. The van der Waals surface area contributed by atoms with Gasteiger partial charge in [0.05, 0.1) is 5.60 Å². The number of hydrogen-bond acceptors (Lipinski definition) is 1. The Hall–Kier alpha value is -0.0400. The van der Waals surface area contributed by atoms with Crippen LogP contribution >= 0.6 is 0 Å². The molecule has 0 amide bonds. The standard InChI is InChI=1S/C14H24O/c1-3-12-5-11-6-13(4-2,8-12)10-14(15,7-11)9-12/h11,15H,3-10H2,1-2H3. The Morgan fingerprint density at radius 1 is 0.933 bits per heavy atom. The molecule has 2 atom stereocenters. The molecule has 0 saturated heterocycles. The molecule has 0 aromatic rings. The van der Waals surface area contributed by atoms with E-state index in [1.54, 1.807) is 0 Å². The van der Waals surface area contributed by atoms with E-state index < -0.39 is 0 Å². The zero-order valence-corrected chi connectivity index (χ0v) is 10.2. The van der Waals surface area contributed by atoms with Crippen LogP contribution in [-0.2, 0) is 0 Å². The molecule has 4 aliphatic rings. The largest absolute Gasteiger partial charge is 0.390 e. The van der Waals surface area contributed by atoms with Crippen molar-refractivity contribution in [2.24, 2.45) is 16.7 Å². The van der Waals surface area contributed by atoms with E-state index in [0.29, 0.717) is 10.8 Å². The molecule has 0 heterocycles. The van der Waals surface area contributed by atoms with E-state index in [1.807, 2.05) is 0 Å². The van der Waals surface area contributed by atoms with Gasteiger partial charge in [-0.05, 0) is 55.3 Å². The molecule has 2 unspecified atom stereocenters. The van der Waals surface area contributed by atoms with E-state index in [1.165, 1.54) is 32.1 Å². The quantitative estimate of drug-likeness (QED) is 0.736. The Morgan fingerprint density at radius 3 is 1.87 bits per heavy atom. The van der Waals surface area contributed by atoms with E-state index in [-0.39, 0.29) is 5.60 Å². The van der Waals surface area contributed by atoms with Crippen molar-refractivity contribution in [2.45, 2.75) is 70.8 Å². The van der Waals surface area contributed by atoms with Crippen LogP contribution in [0.25, 0.3) is 0 Å². The van der Waals surface area contributed by atoms with E-state index in [0.717, 1.165) is 25.2 Å². The molecule has 0 aromatic heterocycles. The topological polar surface area (TPSA) is 20.2 Å². The minimum absolute atomic E-state index is 0.272. The molecule has 4 saturated carbocycles. The molecule has 4 bridgehead atoms. The minimum atomic E-state index is -0.272. The molecule has 0 aliphatic heterocycles. The van der Waals surface area contributed by atoms with Crippen LogP contribution in [0.15, 0.2) is 0 Å². The van der Waals surface area contributed by atoms with E-state index >= 15 is 0 Å². The van der Waals surface area contributed by atoms with Crippen LogP contribution in [0.5, 0.6) is 0 Å². The molecule has 4 fully saturated rings. The van der Waals surface area contributed by atoms with Gasteiger partial charge in [-0.15, -0.1) is 0 Å². The Bertz CT molecular complexity index is 263. The van der Waals surface area contributed by atoms with Crippen molar-refractivity contribution < 1.29 is 5.11 Å². The number of rotatable bonds is 2. The van der Waals surface area contributed by atoms with Gasteiger partial charge in [0, 0.05) is 0 Å². The normalized spacial score (nSPS) is 57.4. The van der Waals surface area contributed by atoms with Gasteiger partial charge in [-0.2, -0.15) is 0 Å². The third-order valence-electron chi connectivity index (χ3n) is 5.77. The Kier molecular flexibility index (Phi) is 1.89. The summed E-state index contributed by atoms with van der Waals surface area (Å²) in [5, 5.41) is 10.7. The van der Waals surface area contributed by atoms with Crippen LogP contribution in [0.4, 0.5) is 0 Å². The Morgan fingerprint density at radius 2 is 1.47 bits per heavy atom. The zero-order chi connectivity index (χ0) is 10.7. The monoisotopic (exact) mass is 208 g/mol. The fourth-order valence-corrected chi connectivity index (χ4v) is 5.58. The fraction of sp³-hybridized carbons (Fsp3) is 1.00. The second-order valence-corrected chi connectivity index (χ2v) is 6.94. The van der Waals surface area contributed by atoms with Crippen LogP contribution in [0.3, 0.4) is 0 Å². The van der Waals surface area contributed by atoms with Gasteiger partial charge in [0.15, 0.2) is 0 Å². The summed E-state index contributed by atoms with van der Waals surface area (Å²) in [5.41, 5.74) is 0.764. The maximum Gasteiger partial charge on any atom is 0.0661 e. The first-order valence-corrected chi connectivity index (χ1v) is 6.75. The van der Waals surface area contributed by atoms with Gasteiger partial charge in [-0.3, -0.25) is 0 Å². The first-order valence-electron chi connectivity index (χ1n) is 6.75. The maximum atomic E-state index is 10.7. The van der Waals surface area contributed by atoms with Crippen LogP contribution in [-0.4, -0.2) is 10.7 Å². The summed E-state index contributed by atoms with van der Waals surface area (Å²) in [5.74, 6) is 0.839. The van der Waals surface area contributed by atoms with Gasteiger partial charge in [0.2, 0.25) is 0 Å². The number of hydrogen-bond donors (Lipinski definition) is 1. The van der Waals surface area contributed by atoms with Crippen molar-refractivity contribution in [2.75, 3.05) is 0 Å². The third kappa shape index (κ3) is 1.32. The van der Waals surface area contributed by atoms with Crippen molar-refractivity contribution in [3.05, 3.63) is 0 Å². The average Bonchev–Trinajstić information content (AvgIpc) is 2.14. The second-order valence-electron chi connectivity index (χ2n) is 6.94.